The first kappa shape index (κ1) is 11.0. The van der Waals surface area contributed by atoms with Crippen molar-refractivity contribution < 1.29 is 5.11 Å². The van der Waals surface area contributed by atoms with E-state index in [1.165, 1.54) is 25.9 Å². The van der Waals surface area contributed by atoms with Crippen LogP contribution in [0.15, 0.2) is 0 Å². The van der Waals surface area contributed by atoms with Gasteiger partial charge in [-0.3, -0.25) is 0 Å². The smallest absolute Gasteiger partial charge is 0.0431 e. The maximum atomic E-state index is 8.61. The van der Waals surface area contributed by atoms with Crippen LogP contribution in [0.5, 0.6) is 0 Å². The maximum Gasteiger partial charge on any atom is 0.0431 e. The van der Waals surface area contributed by atoms with Crippen molar-refractivity contribution in [2.75, 3.05) is 33.3 Å². The van der Waals surface area contributed by atoms with Crippen molar-refractivity contribution >= 4 is 0 Å². The number of piperidine rings is 1. The van der Waals surface area contributed by atoms with Crippen LogP contribution in [-0.2, 0) is 0 Å². The van der Waals surface area contributed by atoms with E-state index < -0.39 is 0 Å². The molecule has 0 radical (unpaired) electrons. The molecule has 2 N–H and O–H groups in total. The number of hydrogen-bond acceptors (Lipinski definition) is 3. The SMILES string of the molecule is CN1CCCC(NCCCCO)C1. The lowest BCUT2D eigenvalue weighted by molar-refractivity contribution is 0.224. The van der Waals surface area contributed by atoms with Crippen LogP contribution in [0, 0.1) is 0 Å². The van der Waals surface area contributed by atoms with Crippen LogP contribution in [0.3, 0.4) is 0 Å². The molecule has 3 heteroatoms. The molecule has 1 rings (SSSR count). The Morgan fingerprint density at radius 2 is 2.31 bits per heavy atom. The Labute approximate surface area is 81.1 Å². The Bertz CT molecular complexity index is 130. The Hall–Kier alpha value is -0.120. The second kappa shape index (κ2) is 6.35. The zero-order valence-electron chi connectivity index (χ0n) is 8.63. The second-order valence-corrected chi connectivity index (χ2v) is 3.99. The van der Waals surface area contributed by atoms with E-state index in [4.69, 9.17) is 5.11 Å². The fourth-order valence-electron chi connectivity index (χ4n) is 1.88. The van der Waals surface area contributed by atoms with Crippen molar-refractivity contribution in [3.8, 4) is 0 Å². The molecule has 0 amide bonds. The molecule has 1 aliphatic rings. The van der Waals surface area contributed by atoms with Gasteiger partial charge in [-0.1, -0.05) is 0 Å². The van der Waals surface area contributed by atoms with E-state index in [9.17, 15) is 0 Å². The fourth-order valence-corrected chi connectivity index (χ4v) is 1.88. The first-order valence-corrected chi connectivity index (χ1v) is 5.35. The summed E-state index contributed by atoms with van der Waals surface area (Å²) in [7, 11) is 2.18. The summed E-state index contributed by atoms with van der Waals surface area (Å²) < 4.78 is 0. The van der Waals surface area contributed by atoms with Crippen LogP contribution in [0.4, 0.5) is 0 Å². The summed E-state index contributed by atoms with van der Waals surface area (Å²) in [5.41, 5.74) is 0. The van der Waals surface area contributed by atoms with Gasteiger partial charge >= 0.3 is 0 Å². The van der Waals surface area contributed by atoms with Crippen molar-refractivity contribution in [2.45, 2.75) is 31.7 Å². The number of unbranched alkanes of at least 4 members (excludes halogenated alkanes) is 1. The summed E-state index contributed by atoms with van der Waals surface area (Å²) in [6.45, 7) is 3.80. The Morgan fingerprint density at radius 1 is 1.46 bits per heavy atom. The maximum absolute atomic E-state index is 8.61. The van der Waals surface area contributed by atoms with Gasteiger partial charge in [0.05, 0.1) is 0 Å². The monoisotopic (exact) mass is 186 g/mol. The number of hydrogen-bond donors (Lipinski definition) is 2. The van der Waals surface area contributed by atoms with Gasteiger partial charge in [-0.25, -0.2) is 0 Å². The van der Waals surface area contributed by atoms with Gasteiger partial charge in [0, 0.05) is 19.2 Å². The largest absolute Gasteiger partial charge is 0.396 e. The molecule has 1 heterocycles. The third-order valence-corrected chi connectivity index (χ3v) is 2.64. The predicted molar refractivity (Wildman–Crippen MR) is 54.8 cm³/mol. The van der Waals surface area contributed by atoms with E-state index in [1.807, 2.05) is 0 Å². The molecule has 0 bridgehead atoms. The fraction of sp³-hybridized carbons (Fsp3) is 1.00. The summed E-state index contributed by atoms with van der Waals surface area (Å²) in [6, 6.07) is 0.678. The van der Waals surface area contributed by atoms with E-state index >= 15 is 0 Å². The van der Waals surface area contributed by atoms with Crippen LogP contribution in [0.25, 0.3) is 0 Å². The molecule has 1 fully saturated rings. The van der Waals surface area contributed by atoms with Gasteiger partial charge in [-0.2, -0.15) is 0 Å². The summed E-state index contributed by atoms with van der Waals surface area (Å²) >= 11 is 0. The van der Waals surface area contributed by atoms with Gasteiger partial charge in [0.1, 0.15) is 0 Å². The number of likely N-dealkylation sites (N-methyl/N-ethyl adjacent to an activating group) is 1. The molecular formula is C10H22N2O. The molecular weight excluding hydrogens is 164 g/mol. The standard InChI is InChI=1S/C10H22N2O/c1-12-7-4-5-10(9-12)11-6-2-3-8-13/h10-11,13H,2-9H2,1H3. The number of nitrogens with one attached hydrogen (secondary N) is 1. The third kappa shape index (κ3) is 4.60. The van der Waals surface area contributed by atoms with E-state index in [0.717, 1.165) is 19.4 Å². The van der Waals surface area contributed by atoms with Crippen LogP contribution in [0.2, 0.25) is 0 Å². The van der Waals surface area contributed by atoms with Crippen molar-refractivity contribution in [2.24, 2.45) is 0 Å². The van der Waals surface area contributed by atoms with Crippen molar-refractivity contribution in [1.29, 1.82) is 0 Å². The van der Waals surface area contributed by atoms with Crippen molar-refractivity contribution in [3.05, 3.63) is 0 Å². The zero-order chi connectivity index (χ0) is 9.52. The molecule has 1 saturated heterocycles. The molecule has 0 aromatic heterocycles. The minimum Gasteiger partial charge on any atom is -0.396 e. The van der Waals surface area contributed by atoms with Gasteiger partial charge < -0.3 is 15.3 Å². The molecule has 1 aliphatic heterocycles. The van der Waals surface area contributed by atoms with Crippen LogP contribution < -0.4 is 5.32 Å². The second-order valence-electron chi connectivity index (χ2n) is 3.99. The highest BCUT2D eigenvalue weighted by molar-refractivity contribution is 4.75. The minimum absolute atomic E-state index is 0.326. The number of nitrogens with zero attached hydrogens (tertiary/aromatic N) is 1. The average Bonchev–Trinajstić information content (AvgIpc) is 2.13. The number of aliphatic hydroxyl groups is 1. The molecule has 13 heavy (non-hydrogen) atoms. The molecule has 78 valence electrons. The predicted octanol–water partition coefficient (Wildman–Crippen LogP) is 0.443. The summed E-state index contributed by atoms with van der Waals surface area (Å²) in [5, 5.41) is 12.1. The third-order valence-electron chi connectivity index (χ3n) is 2.64. The Kier molecular flexibility index (Phi) is 5.35. The van der Waals surface area contributed by atoms with Crippen LogP contribution in [-0.4, -0.2) is 49.3 Å². The summed E-state index contributed by atoms with van der Waals surface area (Å²) in [6.07, 6.45) is 4.64. The Balaban J connectivity index is 2.00. The highest BCUT2D eigenvalue weighted by Crippen LogP contribution is 2.07. The van der Waals surface area contributed by atoms with Crippen LogP contribution in [0.1, 0.15) is 25.7 Å². The quantitative estimate of drug-likeness (QED) is 0.612. The molecule has 0 aromatic rings. The minimum atomic E-state index is 0.326. The molecule has 0 aromatic carbocycles. The molecule has 0 saturated carbocycles. The highest BCUT2D eigenvalue weighted by atomic mass is 16.2. The van der Waals surface area contributed by atoms with Crippen molar-refractivity contribution in [3.63, 3.8) is 0 Å². The lowest BCUT2D eigenvalue weighted by Gasteiger charge is -2.30. The van der Waals surface area contributed by atoms with E-state index in [-0.39, 0.29) is 0 Å². The molecule has 0 aliphatic carbocycles. The highest BCUT2D eigenvalue weighted by Gasteiger charge is 2.15. The van der Waals surface area contributed by atoms with Gasteiger partial charge in [0.25, 0.3) is 0 Å². The topological polar surface area (TPSA) is 35.5 Å². The van der Waals surface area contributed by atoms with E-state index in [2.05, 4.69) is 17.3 Å². The average molecular weight is 186 g/mol. The van der Waals surface area contributed by atoms with E-state index in [1.54, 1.807) is 0 Å². The number of likely N-dealkylation sites (tertiary alicyclic amines) is 1. The zero-order valence-corrected chi connectivity index (χ0v) is 8.63. The lowest BCUT2D eigenvalue weighted by atomic mass is 10.1. The lowest BCUT2D eigenvalue weighted by Crippen LogP contribution is -2.44. The molecule has 1 unspecified atom stereocenters. The molecule has 1 atom stereocenters. The van der Waals surface area contributed by atoms with Crippen LogP contribution >= 0.6 is 0 Å². The number of rotatable bonds is 5. The number of aliphatic hydroxyl groups excluding tert-OH is 1. The molecule has 0 spiro atoms. The van der Waals surface area contributed by atoms with Gasteiger partial charge in [0.15, 0.2) is 0 Å². The summed E-state index contributed by atoms with van der Waals surface area (Å²) in [5.74, 6) is 0. The Morgan fingerprint density at radius 3 is 3.00 bits per heavy atom. The van der Waals surface area contributed by atoms with Crippen molar-refractivity contribution in [1.82, 2.24) is 10.2 Å². The normalized spacial score (nSPS) is 24.9. The summed E-state index contributed by atoms with van der Waals surface area (Å²) in [4.78, 5) is 2.38. The first-order valence-electron chi connectivity index (χ1n) is 5.35. The molecule has 3 nitrogen and oxygen atoms in total. The van der Waals surface area contributed by atoms with Gasteiger partial charge in [-0.05, 0) is 45.8 Å². The van der Waals surface area contributed by atoms with E-state index in [0.29, 0.717) is 12.6 Å². The van der Waals surface area contributed by atoms with Gasteiger partial charge in [0.2, 0.25) is 0 Å². The first-order chi connectivity index (χ1) is 6.33. The van der Waals surface area contributed by atoms with Gasteiger partial charge in [-0.15, -0.1) is 0 Å².